The molecule has 0 saturated carbocycles. The van der Waals surface area contributed by atoms with Crippen LogP contribution in [-0.4, -0.2) is 4.32 Å². The molecule has 0 aromatic heterocycles. The third kappa shape index (κ3) is 3.39. The van der Waals surface area contributed by atoms with Crippen LogP contribution in [0, 0.1) is 3.57 Å². The fourth-order valence-electron chi connectivity index (χ4n) is 0.619. The highest BCUT2D eigenvalue weighted by molar-refractivity contribution is 14.1. The average Bonchev–Trinajstić information content (AvgIpc) is 1.93. The number of thiocarbonyl (C=S) groups is 1. The van der Waals surface area contributed by atoms with Crippen LogP contribution in [0.15, 0.2) is 29.2 Å². The smallest absolute Gasteiger partial charge is 0.135 e. The molecule has 0 saturated heterocycles. The molecule has 1 aromatic rings. The maximum atomic E-state index is 5.36. The monoisotopic (exact) mass is 295 g/mol. The highest BCUT2D eigenvalue weighted by atomic mass is 127. The van der Waals surface area contributed by atoms with E-state index in [2.05, 4.69) is 22.6 Å². The number of halogens is 1. The van der Waals surface area contributed by atoms with E-state index in [1.165, 1.54) is 15.3 Å². The van der Waals surface area contributed by atoms with E-state index in [1.54, 1.807) is 0 Å². The molecule has 1 nitrogen and oxygen atoms in total. The summed E-state index contributed by atoms with van der Waals surface area (Å²) < 4.78 is 1.68. The molecule has 0 heterocycles. The van der Waals surface area contributed by atoms with Gasteiger partial charge in [0.1, 0.15) is 4.32 Å². The van der Waals surface area contributed by atoms with Crippen molar-refractivity contribution in [3.8, 4) is 0 Å². The first kappa shape index (κ1) is 9.28. The molecule has 0 spiro atoms. The Hall–Kier alpha value is 0.190. The topological polar surface area (TPSA) is 26.0 Å². The van der Waals surface area contributed by atoms with Crippen molar-refractivity contribution in [2.24, 2.45) is 5.73 Å². The van der Waals surface area contributed by atoms with Crippen molar-refractivity contribution >= 4 is 50.9 Å². The van der Waals surface area contributed by atoms with Gasteiger partial charge in [-0.15, -0.1) is 0 Å². The summed E-state index contributed by atoms with van der Waals surface area (Å²) in [5, 5.41) is 0. The quantitative estimate of drug-likeness (QED) is 0.490. The first-order chi connectivity index (χ1) is 5.18. The molecule has 58 valence electrons. The van der Waals surface area contributed by atoms with Gasteiger partial charge in [-0.25, -0.2) is 0 Å². The minimum absolute atomic E-state index is 0.464. The third-order valence-corrected chi connectivity index (χ3v) is 2.71. The van der Waals surface area contributed by atoms with Gasteiger partial charge >= 0.3 is 0 Å². The molecule has 1 rings (SSSR count). The zero-order valence-electron chi connectivity index (χ0n) is 5.58. The third-order valence-electron chi connectivity index (χ3n) is 1.03. The summed E-state index contributed by atoms with van der Waals surface area (Å²) in [7, 11) is 0. The van der Waals surface area contributed by atoms with E-state index >= 15 is 0 Å². The molecule has 0 unspecified atom stereocenters. The summed E-state index contributed by atoms with van der Waals surface area (Å²) in [5.41, 5.74) is 5.36. The van der Waals surface area contributed by atoms with Gasteiger partial charge in [-0.3, -0.25) is 0 Å². The van der Waals surface area contributed by atoms with Crippen LogP contribution >= 0.6 is 46.6 Å². The van der Waals surface area contributed by atoms with Gasteiger partial charge in [0.15, 0.2) is 0 Å². The van der Waals surface area contributed by atoms with Gasteiger partial charge in [0.2, 0.25) is 0 Å². The zero-order chi connectivity index (χ0) is 8.27. The van der Waals surface area contributed by atoms with E-state index in [-0.39, 0.29) is 0 Å². The van der Waals surface area contributed by atoms with Crippen molar-refractivity contribution in [2.45, 2.75) is 4.90 Å². The first-order valence-corrected chi connectivity index (χ1v) is 5.21. The second kappa shape index (κ2) is 4.27. The van der Waals surface area contributed by atoms with Gasteiger partial charge in [0, 0.05) is 8.47 Å². The van der Waals surface area contributed by atoms with Crippen LogP contribution in [0.2, 0.25) is 0 Å². The van der Waals surface area contributed by atoms with Crippen molar-refractivity contribution in [2.75, 3.05) is 0 Å². The molecule has 0 amide bonds. The Morgan fingerprint density at radius 3 is 2.36 bits per heavy atom. The van der Waals surface area contributed by atoms with Gasteiger partial charge in [-0.2, -0.15) is 0 Å². The normalized spacial score (nSPS) is 9.55. The van der Waals surface area contributed by atoms with E-state index in [1.807, 2.05) is 24.3 Å². The summed E-state index contributed by atoms with van der Waals surface area (Å²) in [6.45, 7) is 0. The lowest BCUT2D eigenvalue weighted by Crippen LogP contribution is -2.00. The molecule has 11 heavy (non-hydrogen) atoms. The second-order valence-corrected chi connectivity index (χ2v) is 4.93. The Morgan fingerprint density at radius 1 is 1.36 bits per heavy atom. The molecule has 1 aromatic carbocycles. The van der Waals surface area contributed by atoms with Crippen LogP contribution in [0.5, 0.6) is 0 Å². The fraction of sp³-hybridized carbons (Fsp3) is 0. The van der Waals surface area contributed by atoms with Crippen LogP contribution < -0.4 is 5.73 Å². The summed E-state index contributed by atoms with van der Waals surface area (Å²) in [4.78, 5) is 1.10. The van der Waals surface area contributed by atoms with Crippen LogP contribution in [-0.2, 0) is 0 Å². The van der Waals surface area contributed by atoms with E-state index in [9.17, 15) is 0 Å². The highest BCUT2D eigenvalue weighted by Crippen LogP contribution is 2.18. The first-order valence-electron chi connectivity index (χ1n) is 2.91. The van der Waals surface area contributed by atoms with Gasteiger partial charge in [0.25, 0.3) is 0 Å². The predicted molar refractivity (Wildman–Crippen MR) is 61.8 cm³/mol. The molecule has 2 N–H and O–H groups in total. The number of hydrogen-bond donors (Lipinski definition) is 1. The van der Waals surface area contributed by atoms with Gasteiger partial charge in [-0.05, 0) is 46.9 Å². The van der Waals surface area contributed by atoms with E-state index in [0.717, 1.165) is 4.90 Å². The largest absolute Gasteiger partial charge is 0.384 e. The van der Waals surface area contributed by atoms with Crippen molar-refractivity contribution in [1.29, 1.82) is 0 Å². The van der Waals surface area contributed by atoms with E-state index in [4.69, 9.17) is 18.0 Å². The Balaban J connectivity index is 2.74. The summed E-state index contributed by atoms with van der Waals surface area (Å²) in [5.74, 6) is 0. The molecule has 0 fully saturated rings. The molecular weight excluding hydrogens is 289 g/mol. The molecule has 0 atom stereocenters. The number of hydrogen-bond acceptors (Lipinski definition) is 2. The second-order valence-electron chi connectivity index (χ2n) is 1.88. The lowest BCUT2D eigenvalue weighted by Gasteiger charge is -1.97. The van der Waals surface area contributed by atoms with Crippen LogP contribution in [0.3, 0.4) is 0 Å². The molecule has 0 radical (unpaired) electrons. The minimum Gasteiger partial charge on any atom is -0.384 e. The zero-order valence-corrected chi connectivity index (χ0v) is 9.37. The van der Waals surface area contributed by atoms with Crippen LogP contribution in [0.4, 0.5) is 0 Å². The molecule has 0 aliphatic rings. The van der Waals surface area contributed by atoms with E-state index < -0.39 is 0 Å². The summed E-state index contributed by atoms with van der Waals surface area (Å²) in [6.07, 6.45) is 0. The van der Waals surface area contributed by atoms with Crippen molar-refractivity contribution in [3.05, 3.63) is 27.8 Å². The maximum Gasteiger partial charge on any atom is 0.135 e. The number of thioether (sulfide) groups is 1. The lowest BCUT2D eigenvalue weighted by molar-refractivity contribution is 1.45. The van der Waals surface area contributed by atoms with Crippen LogP contribution in [0.1, 0.15) is 0 Å². The Kier molecular flexibility index (Phi) is 3.61. The molecule has 0 bridgehead atoms. The molecule has 0 aliphatic carbocycles. The highest BCUT2D eigenvalue weighted by Gasteiger charge is 1.94. The van der Waals surface area contributed by atoms with Gasteiger partial charge < -0.3 is 5.73 Å². The fourth-order valence-corrected chi connectivity index (χ4v) is 1.77. The van der Waals surface area contributed by atoms with Crippen LogP contribution in [0.25, 0.3) is 0 Å². The van der Waals surface area contributed by atoms with E-state index in [0.29, 0.717) is 4.32 Å². The summed E-state index contributed by atoms with van der Waals surface area (Å²) >= 11 is 8.42. The standard InChI is InChI=1S/C7H6INS2/c8-5-1-3-6(4-2-5)11-7(9)10/h1-4H,(H2,9,10). The summed E-state index contributed by atoms with van der Waals surface area (Å²) in [6, 6.07) is 8.07. The van der Waals surface area contributed by atoms with Gasteiger partial charge in [0.05, 0.1) is 0 Å². The Bertz CT molecular complexity index is 258. The van der Waals surface area contributed by atoms with Crippen molar-refractivity contribution < 1.29 is 0 Å². The maximum absolute atomic E-state index is 5.36. The molecular formula is C7H6INS2. The Labute approximate surface area is 88.9 Å². The van der Waals surface area contributed by atoms with Crippen molar-refractivity contribution in [1.82, 2.24) is 0 Å². The Morgan fingerprint density at radius 2 is 1.91 bits per heavy atom. The number of rotatable bonds is 1. The average molecular weight is 295 g/mol. The lowest BCUT2D eigenvalue weighted by atomic mass is 10.4. The van der Waals surface area contributed by atoms with Crippen molar-refractivity contribution in [3.63, 3.8) is 0 Å². The molecule has 0 aliphatic heterocycles. The predicted octanol–water partition coefficient (Wildman–Crippen LogP) is 2.63. The number of benzene rings is 1. The number of nitrogens with two attached hydrogens (primary N) is 1. The SMILES string of the molecule is NC(=S)Sc1ccc(I)cc1. The van der Waals surface area contributed by atoms with Gasteiger partial charge in [-0.1, -0.05) is 24.0 Å². The minimum atomic E-state index is 0.464. The molecule has 4 heteroatoms.